The van der Waals surface area contributed by atoms with Crippen molar-refractivity contribution in [3.63, 3.8) is 0 Å². The van der Waals surface area contributed by atoms with Gasteiger partial charge in [-0.05, 0) is 11.8 Å². The number of hydrogen-bond donors (Lipinski definition) is 1. The van der Waals surface area contributed by atoms with Gasteiger partial charge in [0, 0.05) is 13.1 Å². The smallest absolute Gasteiger partial charge is 0.144 e. The maximum Gasteiger partial charge on any atom is 0.144 e. The lowest BCUT2D eigenvalue weighted by atomic mass is 9.98. The Labute approximate surface area is 98.4 Å². The van der Waals surface area contributed by atoms with Crippen LogP contribution in [0.1, 0.15) is 27.7 Å². The highest BCUT2D eigenvalue weighted by atomic mass is 16.6. The molecule has 0 saturated carbocycles. The highest BCUT2D eigenvalue weighted by Crippen LogP contribution is 2.08. The van der Waals surface area contributed by atoms with E-state index in [1.54, 1.807) is 0 Å². The normalized spacial score (nSPS) is 21.2. The Kier molecular flexibility index (Phi) is 5.77. The number of oxime groups is 1. The molecule has 1 fully saturated rings. The molecule has 0 spiro atoms. The van der Waals surface area contributed by atoms with Crippen LogP contribution in [0, 0.1) is 11.8 Å². The van der Waals surface area contributed by atoms with Crippen molar-refractivity contribution in [2.24, 2.45) is 17.0 Å². The minimum absolute atomic E-state index is 0.137. The summed E-state index contributed by atoms with van der Waals surface area (Å²) in [6, 6.07) is 0. The second-order valence-electron chi connectivity index (χ2n) is 4.82. The predicted octanol–water partition coefficient (Wildman–Crippen LogP) is 1.66. The first kappa shape index (κ1) is 13.5. The number of ether oxygens (including phenoxy) is 1. The van der Waals surface area contributed by atoms with Crippen molar-refractivity contribution in [3.05, 3.63) is 0 Å². The largest absolute Gasteiger partial charge is 0.393 e. The maximum absolute atomic E-state index is 5.52. The van der Waals surface area contributed by atoms with Crippen LogP contribution in [0.2, 0.25) is 0 Å². The first-order valence-corrected chi connectivity index (χ1v) is 6.13. The van der Waals surface area contributed by atoms with E-state index in [1.165, 1.54) is 0 Å². The minimum Gasteiger partial charge on any atom is -0.393 e. The van der Waals surface area contributed by atoms with E-state index >= 15 is 0 Å². The molecule has 16 heavy (non-hydrogen) atoms. The van der Waals surface area contributed by atoms with Crippen LogP contribution in [0.15, 0.2) is 5.16 Å². The molecule has 0 radical (unpaired) electrons. The quantitative estimate of drug-likeness (QED) is 0.575. The van der Waals surface area contributed by atoms with Gasteiger partial charge in [0.1, 0.15) is 12.7 Å². The molecule has 0 aliphatic carbocycles. The first-order valence-electron chi connectivity index (χ1n) is 6.13. The fraction of sp³-hybridized carbons (Fsp3) is 0.917. The SMILES string of the molecule is CC(C)C(=NOCC1CNCCO1)C(C)C. The second kappa shape index (κ2) is 6.86. The number of rotatable bonds is 5. The van der Waals surface area contributed by atoms with Gasteiger partial charge in [0.2, 0.25) is 0 Å². The molecule has 94 valence electrons. The molecule has 1 N–H and O–H groups in total. The van der Waals surface area contributed by atoms with Crippen LogP contribution < -0.4 is 5.32 Å². The van der Waals surface area contributed by atoms with Gasteiger partial charge in [0.25, 0.3) is 0 Å². The van der Waals surface area contributed by atoms with Crippen LogP contribution in [-0.2, 0) is 9.57 Å². The Balaban J connectivity index is 2.32. The molecule has 1 rings (SSSR count). The van der Waals surface area contributed by atoms with Crippen molar-refractivity contribution >= 4 is 5.71 Å². The van der Waals surface area contributed by atoms with Crippen LogP contribution in [0.25, 0.3) is 0 Å². The molecule has 0 aromatic rings. The molecule has 4 nitrogen and oxygen atoms in total. The molecule has 1 heterocycles. The lowest BCUT2D eigenvalue weighted by Gasteiger charge is -2.22. The lowest BCUT2D eigenvalue weighted by Crippen LogP contribution is -2.40. The van der Waals surface area contributed by atoms with Crippen LogP contribution in [0.4, 0.5) is 0 Å². The summed E-state index contributed by atoms with van der Waals surface area (Å²) in [6.07, 6.45) is 0.137. The lowest BCUT2D eigenvalue weighted by molar-refractivity contribution is -0.0307. The van der Waals surface area contributed by atoms with Gasteiger partial charge in [-0.15, -0.1) is 0 Å². The molecular formula is C12H24N2O2. The molecule has 1 atom stereocenters. The number of nitrogens with zero attached hydrogens (tertiary/aromatic N) is 1. The summed E-state index contributed by atoms with van der Waals surface area (Å²) in [5.41, 5.74) is 1.11. The second-order valence-corrected chi connectivity index (χ2v) is 4.82. The molecule has 1 unspecified atom stereocenters. The van der Waals surface area contributed by atoms with Gasteiger partial charge in [-0.3, -0.25) is 0 Å². The van der Waals surface area contributed by atoms with Gasteiger partial charge in [-0.1, -0.05) is 32.9 Å². The van der Waals surface area contributed by atoms with Gasteiger partial charge >= 0.3 is 0 Å². The van der Waals surface area contributed by atoms with Crippen LogP contribution in [0.5, 0.6) is 0 Å². The van der Waals surface area contributed by atoms with E-state index in [1.807, 2.05) is 0 Å². The van der Waals surface area contributed by atoms with Crippen LogP contribution >= 0.6 is 0 Å². The highest BCUT2D eigenvalue weighted by molar-refractivity contribution is 5.87. The van der Waals surface area contributed by atoms with Crippen molar-refractivity contribution in [2.75, 3.05) is 26.3 Å². The zero-order valence-electron chi connectivity index (χ0n) is 10.8. The van der Waals surface area contributed by atoms with Crippen LogP contribution in [-0.4, -0.2) is 38.1 Å². The summed E-state index contributed by atoms with van der Waals surface area (Å²) in [5, 5.41) is 7.49. The fourth-order valence-electron chi connectivity index (χ4n) is 1.80. The zero-order valence-corrected chi connectivity index (χ0v) is 10.8. The van der Waals surface area contributed by atoms with E-state index in [0.29, 0.717) is 18.4 Å². The Bertz CT molecular complexity index is 211. The molecule has 0 aromatic heterocycles. The Morgan fingerprint density at radius 1 is 1.38 bits per heavy atom. The van der Waals surface area contributed by atoms with E-state index in [0.717, 1.165) is 25.4 Å². The Morgan fingerprint density at radius 3 is 2.56 bits per heavy atom. The molecule has 1 aliphatic rings. The maximum atomic E-state index is 5.52. The van der Waals surface area contributed by atoms with Crippen molar-refractivity contribution in [1.29, 1.82) is 0 Å². The standard InChI is InChI=1S/C12H24N2O2/c1-9(2)12(10(3)4)14-16-8-11-7-13-5-6-15-11/h9-11,13H,5-8H2,1-4H3. The first-order chi connectivity index (χ1) is 7.61. The Morgan fingerprint density at radius 2 is 2.06 bits per heavy atom. The predicted molar refractivity (Wildman–Crippen MR) is 65.7 cm³/mol. The summed E-state index contributed by atoms with van der Waals surface area (Å²) in [7, 11) is 0. The molecule has 0 bridgehead atoms. The molecule has 0 amide bonds. The van der Waals surface area contributed by atoms with Gasteiger partial charge < -0.3 is 14.9 Å². The molecule has 0 aromatic carbocycles. The van der Waals surface area contributed by atoms with Gasteiger partial charge in [0.05, 0.1) is 12.3 Å². The van der Waals surface area contributed by atoms with Crippen molar-refractivity contribution < 1.29 is 9.57 Å². The van der Waals surface area contributed by atoms with Crippen molar-refractivity contribution in [2.45, 2.75) is 33.8 Å². The third-order valence-electron chi connectivity index (χ3n) is 2.62. The molecular weight excluding hydrogens is 204 g/mol. The third kappa shape index (κ3) is 4.49. The topological polar surface area (TPSA) is 42.8 Å². The summed E-state index contributed by atoms with van der Waals surface area (Å²) in [6.45, 7) is 11.6. The molecule has 4 heteroatoms. The third-order valence-corrected chi connectivity index (χ3v) is 2.62. The monoisotopic (exact) mass is 228 g/mol. The number of nitrogens with one attached hydrogen (secondary N) is 1. The fourth-order valence-corrected chi connectivity index (χ4v) is 1.80. The van der Waals surface area contributed by atoms with Gasteiger partial charge in [-0.25, -0.2) is 0 Å². The average Bonchev–Trinajstić information content (AvgIpc) is 2.24. The van der Waals surface area contributed by atoms with E-state index in [2.05, 4.69) is 38.2 Å². The van der Waals surface area contributed by atoms with E-state index in [-0.39, 0.29) is 6.10 Å². The van der Waals surface area contributed by atoms with E-state index in [9.17, 15) is 0 Å². The highest BCUT2D eigenvalue weighted by Gasteiger charge is 2.15. The van der Waals surface area contributed by atoms with Crippen LogP contribution in [0.3, 0.4) is 0 Å². The van der Waals surface area contributed by atoms with Gasteiger partial charge in [-0.2, -0.15) is 0 Å². The van der Waals surface area contributed by atoms with Crippen molar-refractivity contribution in [3.8, 4) is 0 Å². The van der Waals surface area contributed by atoms with Crippen molar-refractivity contribution in [1.82, 2.24) is 5.32 Å². The zero-order chi connectivity index (χ0) is 12.0. The summed E-state index contributed by atoms with van der Waals surface area (Å²) in [5.74, 6) is 0.871. The van der Waals surface area contributed by atoms with Gasteiger partial charge in [0.15, 0.2) is 0 Å². The van der Waals surface area contributed by atoms with E-state index in [4.69, 9.17) is 9.57 Å². The number of morpholine rings is 1. The Hall–Kier alpha value is -0.610. The molecule has 1 saturated heterocycles. The van der Waals surface area contributed by atoms with E-state index < -0.39 is 0 Å². The summed E-state index contributed by atoms with van der Waals surface area (Å²) >= 11 is 0. The minimum atomic E-state index is 0.137. The number of hydrogen-bond acceptors (Lipinski definition) is 4. The molecule has 1 aliphatic heterocycles. The summed E-state index contributed by atoms with van der Waals surface area (Å²) in [4.78, 5) is 5.38. The average molecular weight is 228 g/mol. The summed E-state index contributed by atoms with van der Waals surface area (Å²) < 4.78 is 5.52.